The van der Waals surface area contributed by atoms with Gasteiger partial charge in [-0.1, -0.05) is 12.1 Å². The van der Waals surface area contributed by atoms with Crippen molar-refractivity contribution in [1.82, 2.24) is 0 Å². The van der Waals surface area contributed by atoms with Gasteiger partial charge in [0.2, 0.25) is 0 Å². The summed E-state index contributed by atoms with van der Waals surface area (Å²) in [6.45, 7) is 0.352. The molecule has 8 nitrogen and oxygen atoms in total. The van der Waals surface area contributed by atoms with Crippen molar-refractivity contribution in [3.63, 3.8) is 0 Å². The molecule has 0 heterocycles. The molecule has 0 aliphatic rings. The number of hydrogen-bond acceptors (Lipinski definition) is 6. The number of rotatable bonds is 5. The van der Waals surface area contributed by atoms with Crippen molar-refractivity contribution in [2.45, 2.75) is 6.54 Å². The Labute approximate surface area is 137 Å². The van der Waals surface area contributed by atoms with E-state index >= 15 is 0 Å². The molecule has 0 saturated heterocycles. The van der Waals surface area contributed by atoms with Crippen LogP contribution in [-0.4, -0.2) is 18.1 Å². The normalized spacial score (nSPS) is 9.67. The number of benzene rings is 2. The number of hydrogen-bond donors (Lipinski definition) is 2. The number of nitrogens with zero attached hydrogens (tertiary/aromatic N) is 2. The minimum absolute atomic E-state index is 0.155. The van der Waals surface area contributed by atoms with Gasteiger partial charge in [0, 0.05) is 18.3 Å². The summed E-state index contributed by atoms with van der Waals surface area (Å²) in [5, 5.41) is 25.4. The molecule has 1 amide bonds. The van der Waals surface area contributed by atoms with Crippen molar-refractivity contribution < 1.29 is 14.5 Å². The summed E-state index contributed by atoms with van der Waals surface area (Å²) in [6.07, 6.45) is -0.561. The highest BCUT2D eigenvalue weighted by Crippen LogP contribution is 2.26. The third-order valence-electron chi connectivity index (χ3n) is 3.19. The zero-order valence-corrected chi connectivity index (χ0v) is 12.8. The minimum atomic E-state index is -0.561. The van der Waals surface area contributed by atoms with E-state index in [1.165, 1.54) is 25.3 Å². The van der Waals surface area contributed by atoms with Crippen molar-refractivity contribution in [2.24, 2.45) is 0 Å². The van der Waals surface area contributed by atoms with Gasteiger partial charge in [-0.05, 0) is 29.8 Å². The zero-order valence-electron chi connectivity index (χ0n) is 12.8. The Bertz CT molecular complexity index is 797. The highest BCUT2D eigenvalue weighted by atomic mass is 16.6. The quantitative estimate of drug-likeness (QED) is 0.643. The predicted molar refractivity (Wildman–Crippen MR) is 87.6 cm³/mol. The van der Waals surface area contributed by atoms with Crippen molar-refractivity contribution in [3.8, 4) is 6.07 Å². The fraction of sp³-hybridized carbons (Fsp3) is 0.125. The van der Waals surface area contributed by atoms with Crippen LogP contribution in [0.3, 0.4) is 0 Å². The first-order valence-electron chi connectivity index (χ1n) is 6.90. The van der Waals surface area contributed by atoms with E-state index < -0.39 is 11.0 Å². The summed E-state index contributed by atoms with van der Waals surface area (Å²) in [7, 11) is 1.28. The van der Waals surface area contributed by atoms with E-state index in [0.717, 1.165) is 5.56 Å². The Morgan fingerprint density at radius 1 is 1.29 bits per heavy atom. The molecule has 122 valence electrons. The molecule has 0 aliphatic carbocycles. The highest BCUT2D eigenvalue weighted by molar-refractivity contribution is 5.84. The van der Waals surface area contributed by atoms with E-state index in [0.29, 0.717) is 17.9 Å². The van der Waals surface area contributed by atoms with Gasteiger partial charge in [-0.15, -0.1) is 0 Å². The van der Waals surface area contributed by atoms with Gasteiger partial charge in [0.15, 0.2) is 0 Å². The third-order valence-corrected chi connectivity index (χ3v) is 3.19. The maximum absolute atomic E-state index is 11.1. The number of methoxy groups -OCH3 is 1. The number of carbonyl (C=O) groups is 1. The van der Waals surface area contributed by atoms with Crippen LogP contribution in [0, 0.1) is 21.4 Å². The van der Waals surface area contributed by atoms with Gasteiger partial charge in [0.1, 0.15) is 5.69 Å². The summed E-state index contributed by atoms with van der Waals surface area (Å²) >= 11 is 0. The maximum atomic E-state index is 11.1. The smallest absolute Gasteiger partial charge is 0.411 e. The van der Waals surface area contributed by atoms with Crippen LogP contribution >= 0.6 is 0 Å². The molecule has 0 aromatic heterocycles. The van der Waals surface area contributed by atoms with Gasteiger partial charge in [-0.25, -0.2) is 4.79 Å². The molecule has 0 bridgehead atoms. The molecule has 0 spiro atoms. The van der Waals surface area contributed by atoms with E-state index in [2.05, 4.69) is 15.4 Å². The Morgan fingerprint density at radius 3 is 2.58 bits per heavy atom. The second-order valence-corrected chi connectivity index (χ2v) is 4.77. The molecule has 2 rings (SSSR count). The fourth-order valence-electron chi connectivity index (χ4n) is 1.97. The van der Waals surface area contributed by atoms with E-state index in [1.54, 1.807) is 24.3 Å². The van der Waals surface area contributed by atoms with E-state index in [-0.39, 0.29) is 11.3 Å². The number of nitro benzene ring substituents is 1. The van der Waals surface area contributed by atoms with Gasteiger partial charge < -0.3 is 10.1 Å². The first kappa shape index (κ1) is 16.8. The Hall–Kier alpha value is -3.60. The first-order chi connectivity index (χ1) is 11.5. The lowest BCUT2D eigenvalue weighted by molar-refractivity contribution is -0.384. The molecule has 0 radical (unpaired) electrons. The molecule has 2 aromatic carbocycles. The Kier molecular flexibility index (Phi) is 5.31. The molecule has 8 heteroatoms. The molecule has 24 heavy (non-hydrogen) atoms. The average molecular weight is 326 g/mol. The lowest BCUT2D eigenvalue weighted by Gasteiger charge is -2.09. The first-order valence-corrected chi connectivity index (χ1v) is 6.90. The number of nitriles is 1. The monoisotopic (exact) mass is 326 g/mol. The topological polar surface area (TPSA) is 117 Å². The molecular formula is C16H14N4O4. The molecule has 0 saturated carbocycles. The van der Waals surface area contributed by atoms with Crippen LogP contribution in [0.5, 0.6) is 0 Å². The molecule has 0 aliphatic heterocycles. The summed E-state index contributed by atoms with van der Waals surface area (Å²) < 4.78 is 4.50. The van der Waals surface area contributed by atoms with Gasteiger partial charge in [0.05, 0.1) is 23.7 Å². The number of ether oxygens (including phenoxy) is 1. The molecular weight excluding hydrogens is 312 g/mol. The number of nitrogens with one attached hydrogen (secondary N) is 2. The maximum Gasteiger partial charge on any atom is 0.411 e. The van der Waals surface area contributed by atoms with Crippen LogP contribution in [-0.2, 0) is 11.3 Å². The summed E-state index contributed by atoms with van der Waals surface area (Å²) in [4.78, 5) is 21.6. The molecule has 0 fully saturated rings. The van der Waals surface area contributed by atoms with Gasteiger partial charge >= 0.3 is 6.09 Å². The molecule has 2 aromatic rings. The van der Waals surface area contributed by atoms with Crippen LogP contribution in [0.4, 0.5) is 21.9 Å². The predicted octanol–water partition coefficient (Wildman–Crippen LogP) is 3.26. The zero-order chi connectivity index (χ0) is 17.5. The summed E-state index contributed by atoms with van der Waals surface area (Å²) in [5.41, 5.74) is 1.85. The number of carbonyl (C=O) groups excluding carboxylic acids is 1. The van der Waals surface area contributed by atoms with E-state index in [1.807, 2.05) is 6.07 Å². The highest BCUT2D eigenvalue weighted by Gasteiger charge is 2.14. The van der Waals surface area contributed by atoms with Crippen LogP contribution in [0.25, 0.3) is 0 Å². The lowest BCUT2D eigenvalue weighted by Crippen LogP contribution is -2.10. The summed E-state index contributed by atoms with van der Waals surface area (Å²) in [5.74, 6) is 0. The fourth-order valence-corrected chi connectivity index (χ4v) is 1.97. The molecule has 0 unspecified atom stereocenters. The van der Waals surface area contributed by atoms with E-state index in [4.69, 9.17) is 5.26 Å². The Balaban J connectivity index is 2.07. The number of nitro groups is 1. The van der Waals surface area contributed by atoms with Gasteiger partial charge in [0.25, 0.3) is 5.69 Å². The van der Waals surface area contributed by atoms with Crippen LogP contribution in [0.2, 0.25) is 0 Å². The second-order valence-electron chi connectivity index (χ2n) is 4.77. The van der Waals surface area contributed by atoms with Crippen molar-refractivity contribution >= 4 is 23.2 Å². The molecule has 0 atom stereocenters. The number of amides is 1. The minimum Gasteiger partial charge on any atom is -0.453 e. The van der Waals surface area contributed by atoms with Crippen molar-refractivity contribution in [1.29, 1.82) is 5.26 Å². The van der Waals surface area contributed by atoms with Crippen molar-refractivity contribution in [2.75, 3.05) is 17.7 Å². The van der Waals surface area contributed by atoms with Gasteiger partial charge in [-0.2, -0.15) is 5.26 Å². The Morgan fingerprint density at radius 2 is 2.00 bits per heavy atom. The summed E-state index contributed by atoms with van der Waals surface area (Å²) in [6, 6.07) is 13.1. The SMILES string of the molecule is COC(=O)Nc1ccc(CNc2ccc(C#N)cc2[N+](=O)[O-])cc1. The van der Waals surface area contributed by atoms with Gasteiger partial charge in [-0.3, -0.25) is 15.4 Å². The standard InChI is InChI=1S/C16H14N4O4/c1-24-16(21)19-13-5-2-11(3-6-13)10-18-14-7-4-12(9-17)8-15(14)20(22)23/h2-8,18H,10H2,1H3,(H,19,21). The van der Waals surface area contributed by atoms with Crippen LogP contribution in [0.1, 0.15) is 11.1 Å². The number of anilines is 2. The second kappa shape index (κ2) is 7.60. The van der Waals surface area contributed by atoms with Crippen LogP contribution in [0.15, 0.2) is 42.5 Å². The third kappa shape index (κ3) is 4.20. The van der Waals surface area contributed by atoms with E-state index in [9.17, 15) is 14.9 Å². The molecule has 2 N–H and O–H groups in total. The van der Waals surface area contributed by atoms with Crippen molar-refractivity contribution in [3.05, 3.63) is 63.7 Å². The largest absolute Gasteiger partial charge is 0.453 e. The average Bonchev–Trinajstić information content (AvgIpc) is 2.60. The van der Waals surface area contributed by atoms with Crippen LogP contribution < -0.4 is 10.6 Å². The lowest BCUT2D eigenvalue weighted by atomic mass is 10.1.